The summed E-state index contributed by atoms with van der Waals surface area (Å²) >= 11 is 0. The summed E-state index contributed by atoms with van der Waals surface area (Å²) in [4.78, 5) is 24.4. The summed E-state index contributed by atoms with van der Waals surface area (Å²) in [5, 5.41) is 19.1. The molecule has 7 nitrogen and oxygen atoms in total. The quantitative estimate of drug-likeness (QED) is 0.649. The third-order valence-electron chi connectivity index (χ3n) is 2.65. The summed E-state index contributed by atoms with van der Waals surface area (Å²) in [6, 6.07) is 9.81. The van der Waals surface area contributed by atoms with Crippen LogP contribution in [-0.2, 0) is 4.79 Å². The second-order valence-corrected chi connectivity index (χ2v) is 4.29. The molecule has 0 aliphatic carbocycles. The van der Waals surface area contributed by atoms with Crippen LogP contribution in [0, 0.1) is 10.1 Å². The van der Waals surface area contributed by atoms with E-state index in [1.807, 2.05) is 6.07 Å². The van der Waals surface area contributed by atoms with Gasteiger partial charge in [0.25, 0.3) is 5.69 Å². The van der Waals surface area contributed by atoms with Crippen molar-refractivity contribution < 1.29 is 19.6 Å². The number of carboxylic acid groups (broad SMARTS) is 1. The molecule has 0 spiro atoms. The van der Waals surface area contributed by atoms with Crippen LogP contribution in [0.15, 0.2) is 42.6 Å². The molecule has 1 N–H and O–H groups in total. The Morgan fingerprint density at radius 2 is 2.14 bits per heavy atom. The van der Waals surface area contributed by atoms with E-state index in [1.54, 1.807) is 36.4 Å². The molecule has 0 radical (unpaired) electrons. The Hall–Kier alpha value is -3.22. The number of ether oxygens (including phenoxy) is 1. The molecule has 0 unspecified atom stereocenters. The Kier molecular flexibility index (Phi) is 4.81. The smallest absolute Gasteiger partial charge is 0.341 e. The third-order valence-corrected chi connectivity index (χ3v) is 2.65. The zero-order valence-corrected chi connectivity index (χ0v) is 11.4. The molecular weight excluding hydrogens is 288 g/mol. The van der Waals surface area contributed by atoms with E-state index in [0.29, 0.717) is 11.4 Å². The fraction of sp³-hybridized carbons (Fsp3) is 0.0667. The van der Waals surface area contributed by atoms with Crippen LogP contribution in [0.25, 0.3) is 12.2 Å². The maximum atomic E-state index is 10.5. The van der Waals surface area contributed by atoms with Gasteiger partial charge in [0, 0.05) is 6.07 Å². The Morgan fingerprint density at radius 3 is 2.77 bits per heavy atom. The van der Waals surface area contributed by atoms with Gasteiger partial charge in [-0.3, -0.25) is 10.1 Å². The van der Waals surface area contributed by atoms with Crippen molar-refractivity contribution in [3.05, 3.63) is 64.0 Å². The van der Waals surface area contributed by atoms with Crippen molar-refractivity contribution in [3.63, 3.8) is 0 Å². The fourth-order valence-corrected chi connectivity index (χ4v) is 1.64. The van der Waals surface area contributed by atoms with E-state index in [0.717, 1.165) is 5.56 Å². The lowest BCUT2D eigenvalue weighted by molar-refractivity contribution is -0.385. The summed E-state index contributed by atoms with van der Waals surface area (Å²) in [5.74, 6) is -0.600. The molecule has 0 amide bonds. The van der Waals surface area contributed by atoms with Crippen LogP contribution in [0.5, 0.6) is 5.75 Å². The first kappa shape index (κ1) is 15.2. The molecule has 0 aliphatic rings. The Bertz CT molecular complexity index is 710. The van der Waals surface area contributed by atoms with E-state index in [9.17, 15) is 14.9 Å². The lowest BCUT2D eigenvalue weighted by Crippen LogP contribution is -2.09. The van der Waals surface area contributed by atoms with Gasteiger partial charge in [-0.1, -0.05) is 18.2 Å². The molecule has 1 aromatic carbocycles. The van der Waals surface area contributed by atoms with Crippen molar-refractivity contribution in [2.24, 2.45) is 0 Å². The van der Waals surface area contributed by atoms with E-state index < -0.39 is 17.5 Å². The van der Waals surface area contributed by atoms with Crippen molar-refractivity contribution in [3.8, 4) is 5.75 Å². The monoisotopic (exact) mass is 300 g/mol. The second kappa shape index (κ2) is 6.98. The lowest BCUT2D eigenvalue weighted by Gasteiger charge is -2.03. The van der Waals surface area contributed by atoms with Gasteiger partial charge >= 0.3 is 5.97 Å². The average Bonchev–Trinajstić information content (AvgIpc) is 2.52. The molecule has 7 heteroatoms. The van der Waals surface area contributed by atoms with E-state index in [-0.39, 0.29) is 5.69 Å². The van der Waals surface area contributed by atoms with Crippen LogP contribution in [-0.4, -0.2) is 27.6 Å². The molecular formula is C15H12N2O5. The number of aromatic nitrogens is 1. The number of carbonyl (C=O) groups is 1. The number of carboxylic acids is 1. The highest BCUT2D eigenvalue weighted by Gasteiger charge is 2.03. The Balaban J connectivity index is 2.07. The topological polar surface area (TPSA) is 103 Å². The summed E-state index contributed by atoms with van der Waals surface area (Å²) in [6.45, 7) is -0.406. The number of nitrogens with zero attached hydrogens (tertiary/aromatic N) is 2. The number of pyridine rings is 1. The minimum atomic E-state index is -1.05. The van der Waals surface area contributed by atoms with Crippen LogP contribution in [0.1, 0.15) is 11.3 Å². The number of aliphatic carboxylic acids is 1. The number of nitro groups is 1. The van der Waals surface area contributed by atoms with Gasteiger partial charge in [0.1, 0.15) is 11.9 Å². The largest absolute Gasteiger partial charge is 0.482 e. The minimum absolute atomic E-state index is 0.0683. The van der Waals surface area contributed by atoms with E-state index in [4.69, 9.17) is 9.84 Å². The molecule has 0 aliphatic heterocycles. The molecule has 0 atom stereocenters. The van der Waals surface area contributed by atoms with Gasteiger partial charge < -0.3 is 9.84 Å². The molecule has 0 saturated carbocycles. The molecule has 0 saturated heterocycles. The summed E-state index contributed by atoms with van der Waals surface area (Å²) in [5.41, 5.74) is 1.30. The van der Waals surface area contributed by atoms with Crippen LogP contribution >= 0.6 is 0 Å². The maximum Gasteiger partial charge on any atom is 0.341 e. The van der Waals surface area contributed by atoms with Gasteiger partial charge in [-0.2, -0.15) is 0 Å². The van der Waals surface area contributed by atoms with E-state index in [2.05, 4.69) is 4.98 Å². The molecule has 112 valence electrons. The highest BCUT2D eigenvalue weighted by molar-refractivity contribution is 5.70. The standard InChI is InChI=1S/C15H12N2O5/c18-15(19)10-22-14-3-1-2-11(8-14)4-5-12-6-7-13(9-16-12)17(20)21/h1-9H,10H2,(H,18,19)/b5-4+. The zero-order valence-electron chi connectivity index (χ0n) is 11.4. The first-order valence-electron chi connectivity index (χ1n) is 6.28. The van der Waals surface area contributed by atoms with Gasteiger partial charge in [0.2, 0.25) is 0 Å². The normalized spacial score (nSPS) is 10.5. The maximum absolute atomic E-state index is 10.5. The van der Waals surface area contributed by atoms with Crippen molar-refractivity contribution in [2.45, 2.75) is 0 Å². The molecule has 0 fully saturated rings. The van der Waals surface area contributed by atoms with Crippen LogP contribution < -0.4 is 4.74 Å². The van der Waals surface area contributed by atoms with Crippen LogP contribution in [0.4, 0.5) is 5.69 Å². The van der Waals surface area contributed by atoms with Crippen molar-refractivity contribution in [2.75, 3.05) is 6.61 Å². The lowest BCUT2D eigenvalue weighted by atomic mass is 10.2. The summed E-state index contributed by atoms with van der Waals surface area (Å²) in [6.07, 6.45) is 4.63. The average molecular weight is 300 g/mol. The van der Waals surface area contributed by atoms with Crippen molar-refractivity contribution in [1.29, 1.82) is 0 Å². The van der Waals surface area contributed by atoms with Gasteiger partial charge in [0.05, 0.1) is 10.6 Å². The van der Waals surface area contributed by atoms with E-state index in [1.165, 1.54) is 12.3 Å². The highest BCUT2D eigenvalue weighted by Crippen LogP contribution is 2.16. The van der Waals surface area contributed by atoms with E-state index >= 15 is 0 Å². The van der Waals surface area contributed by atoms with Crippen LogP contribution in [0.2, 0.25) is 0 Å². The van der Waals surface area contributed by atoms with Gasteiger partial charge in [0.15, 0.2) is 6.61 Å². The predicted molar refractivity (Wildman–Crippen MR) is 79.4 cm³/mol. The second-order valence-electron chi connectivity index (χ2n) is 4.29. The molecule has 2 rings (SSSR count). The number of rotatable bonds is 6. The van der Waals surface area contributed by atoms with Crippen LogP contribution in [0.3, 0.4) is 0 Å². The first-order chi connectivity index (χ1) is 10.5. The summed E-state index contributed by atoms with van der Waals surface area (Å²) < 4.78 is 5.08. The molecule has 1 heterocycles. The number of hydrogen-bond acceptors (Lipinski definition) is 5. The minimum Gasteiger partial charge on any atom is -0.482 e. The molecule has 22 heavy (non-hydrogen) atoms. The Morgan fingerprint density at radius 1 is 1.32 bits per heavy atom. The molecule has 1 aromatic heterocycles. The highest BCUT2D eigenvalue weighted by atomic mass is 16.6. The SMILES string of the molecule is O=C(O)COc1cccc(/C=C/c2ccc([N+](=O)[O-])cn2)c1. The summed E-state index contributed by atoms with van der Waals surface area (Å²) in [7, 11) is 0. The fourth-order valence-electron chi connectivity index (χ4n) is 1.64. The number of benzene rings is 1. The van der Waals surface area contributed by atoms with Gasteiger partial charge in [-0.15, -0.1) is 0 Å². The van der Waals surface area contributed by atoms with Crippen molar-refractivity contribution in [1.82, 2.24) is 4.98 Å². The third kappa shape index (κ3) is 4.41. The number of hydrogen-bond donors (Lipinski definition) is 1. The molecule has 0 bridgehead atoms. The Labute approximate surface area is 125 Å². The van der Waals surface area contributed by atoms with Gasteiger partial charge in [-0.25, -0.2) is 9.78 Å². The molecule has 2 aromatic rings. The van der Waals surface area contributed by atoms with Gasteiger partial charge in [-0.05, 0) is 29.8 Å². The predicted octanol–water partition coefficient (Wildman–Crippen LogP) is 2.62. The zero-order chi connectivity index (χ0) is 15.9. The first-order valence-corrected chi connectivity index (χ1v) is 6.28. The van der Waals surface area contributed by atoms with Crippen molar-refractivity contribution >= 4 is 23.8 Å².